The molecule has 0 aliphatic carbocycles. The summed E-state index contributed by atoms with van der Waals surface area (Å²) in [4.78, 5) is 16.2. The molecule has 0 bridgehead atoms. The van der Waals surface area contributed by atoms with Crippen molar-refractivity contribution in [1.82, 2.24) is 10.3 Å². The molecule has 4 nitrogen and oxygen atoms in total. The Labute approximate surface area is 141 Å². The molecule has 2 rings (SSSR count). The first kappa shape index (κ1) is 19.4. The number of benzene rings is 1. The van der Waals surface area contributed by atoms with Gasteiger partial charge in [0.05, 0.1) is 12.1 Å². The molecule has 2 N–H and O–H groups in total. The maximum atomic E-state index is 12.7. The van der Waals surface area contributed by atoms with Crippen molar-refractivity contribution >= 4 is 34.8 Å². The summed E-state index contributed by atoms with van der Waals surface area (Å²) in [6.07, 6.45) is -2.46. The monoisotopic (exact) mass is 365 g/mol. The van der Waals surface area contributed by atoms with Crippen LogP contribution in [-0.2, 0) is 17.4 Å². The molecule has 2 aromatic rings. The van der Waals surface area contributed by atoms with Crippen LogP contribution in [0.2, 0.25) is 0 Å². The van der Waals surface area contributed by atoms with Gasteiger partial charge in [-0.25, -0.2) is 4.98 Å². The van der Waals surface area contributed by atoms with E-state index in [1.165, 1.54) is 17.4 Å². The van der Waals surface area contributed by atoms with Gasteiger partial charge in [0, 0.05) is 17.5 Å². The van der Waals surface area contributed by atoms with Crippen molar-refractivity contribution in [2.24, 2.45) is 0 Å². The molecule has 23 heavy (non-hydrogen) atoms. The fraction of sp³-hybridized carbons (Fsp3) is 0.286. The lowest BCUT2D eigenvalue weighted by atomic mass is 10.1. The lowest BCUT2D eigenvalue weighted by Crippen LogP contribution is -2.24. The molecule has 1 heterocycles. The van der Waals surface area contributed by atoms with Gasteiger partial charge in [-0.3, -0.25) is 4.79 Å². The second-order valence-electron chi connectivity index (χ2n) is 4.59. The van der Waals surface area contributed by atoms with Gasteiger partial charge < -0.3 is 10.6 Å². The third-order valence-electron chi connectivity index (χ3n) is 2.77. The van der Waals surface area contributed by atoms with Crippen LogP contribution in [-0.4, -0.2) is 24.5 Å². The molecule has 0 atom stereocenters. The maximum Gasteiger partial charge on any atom is 0.416 e. The summed E-state index contributed by atoms with van der Waals surface area (Å²) in [7, 11) is 1.65. The van der Waals surface area contributed by atoms with Crippen molar-refractivity contribution in [3.8, 4) is 0 Å². The smallest absolute Gasteiger partial charge is 0.311 e. The molecule has 0 aliphatic rings. The Morgan fingerprint density at radius 2 is 2.09 bits per heavy atom. The van der Waals surface area contributed by atoms with Crippen LogP contribution in [0.4, 0.5) is 18.3 Å². The van der Waals surface area contributed by atoms with Gasteiger partial charge in [-0.15, -0.1) is 23.7 Å². The van der Waals surface area contributed by atoms with Crippen LogP contribution in [0.25, 0.3) is 0 Å². The number of carbonyl (C=O) groups is 1. The van der Waals surface area contributed by atoms with E-state index in [-0.39, 0.29) is 24.9 Å². The number of hydrogen-bond donors (Lipinski definition) is 2. The van der Waals surface area contributed by atoms with Crippen LogP contribution in [0.5, 0.6) is 0 Å². The Morgan fingerprint density at radius 3 is 2.74 bits per heavy atom. The molecular formula is C14H15ClF3N3OS. The summed E-state index contributed by atoms with van der Waals surface area (Å²) in [5.41, 5.74) is -0.122. The fourth-order valence-electron chi connectivity index (χ4n) is 1.83. The zero-order valence-corrected chi connectivity index (χ0v) is 13.7. The van der Waals surface area contributed by atoms with Gasteiger partial charge in [0.1, 0.15) is 0 Å². The van der Waals surface area contributed by atoms with E-state index in [2.05, 4.69) is 15.6 Å². The first-order valence-corrected chi connectivity index (χ1v) is 7.25. The number of likely N-dealkylation sites (N-methyl/N-ethyl adjacent to an activating group) is 1. The summed E-state index contributed by atoms with van der Waals surface area (Å²) >= 11 is 1.24. The number of aromatic nitrogens is 1. The van der Waals surface area contributed by atoms with Crippen molar-refractivity contribution in [1.29, 1.82) is 0 Å². The van der Waals surface area contributed by atoms with Gasteiger partial charge in [-0.1, -0.05) is 18.2 Å². The van der Waals surface area contributed by atoms with Crippen LogP contribution in [0, 0.1) is 0 Å². The zero-order chi connectivity index (χ0) is 16.2. The van der Waals surface area contributed by atoms with Crippen molar-refractivity contribution in [2.45, 2.75) is 12.6 Å². The predicted octanol–water partition coefficient (Wildman–Crippen LogP) is 3.33. The van der Waals surface area contributed by atoms with Crippen LogP contribution < -0.4 is 10.6 Å². The molecule has 1 aromatic heterocycles. The molecule has 0 saturated heterocycles. The summed E-state index contributed by atoms with van der Waals surface area (Å²) < 4.78 is 38.0. The largest absolute Gasteiger partial charge is 0.416 e. The Hall–Kier alpha value is -1.64. The minimum absolute atomic E-state index is 0. The first-order chi connectivity index (χ1) is 10.4. The second-order valence-corrected chi connectivity index (χ2v) is 5.70. The Bertz CT molecular complexity index is 661. The molecular weight excluding hydrogens is 351 g/mol. The Balaban J connectivity index is 0.00000264. The van der Waals surface area contributed by atoms with E-state index < -0.39 is 11.7 Å². The van der Waals surface area contributed by atoms with E-state index >= 15 is 0 Å². The van der Waals surface area contributed by atoms with E-state index in [0.717, 1.165) is 17.0 Å². The number of nitrogens with zero attached hydrogens (tertiary/aromatic N) is 1. The topological polar surface area (TPSA) is 54.0 Å². The fourth-order valence-corrected chi connectivity index (χ4v) is 2.69. The normalized spacial score (nSPS) is 11.0. The number of nitrogens with one attached hydrogen (secondary N) is 2. The van der Waals surface area contributed by atoms with Crippen molar-refractivity contribution in [3.63, 3.8) is 0 Å². The predicted molar refractivity (Wildman–Crippen MR) is 86.2 cm³/mol. The third-order valence-corrected chi connectivity index (χ3v) is 3.68. The minimum Gasteiger partial charge on any atom is -0.311 e. The Kier molecular flexibility index (Phi) is 6.99. The number of hydrogen-bond acceptors (Lipinski definition) is 4. The van der Waals surface area contributed by atoms with Gasteiger partial charge in [0.2, 0.25) is 5.91 Å². The average Bonchev–Trinajstić information content (AvgIpc) is 2.85. The average molecular weight is 366 g/mol. The number of rotatable bonds is 5. The van der Waals surface area contributed by atoms with Crippen LogP contribution in [0.15, 0.2) is 30.5 Å². The van der Waals surface area contributed by atoms with Crippen molar-refractivity contribution in [3.05, 3.63) is 46.5 Å². The lowest BCUT2D eigenvalue weighted by Gasteiger charge is -2.07. The highest BCUT2D eigenvalue weighted by Gasteiger charge is 2.30. The number of halogens is 4. The molecule has 0 spiro atoms. The zero-order valence-electron chi connectivity index (χ0n) is 12.1. The molecule has 0 saturated carbocycles. The Morgan fingerprint density at radius 1 is 1.35 bits per heavy atom. The first-order valence-electron chi connectivity index (χ1n) is 6.44. The summed E-state index contributed by atoms with van der Waals surface area (Å²) in [6.45, 7) is 0.169. The number of alkyl halides is 3. The van der Waals surface area contributed by atoms with Gasteiger partial charge in [-0.05, 0) is 18.7 Å². The SMILES string of the molecule is CNCC(=O)Nc1ncc(Cc2cccc(C(F)(F)F)c2)s1.Cl. The summed E-state index contributed by atoms with van der Waals surface area (Å²) in [5.74, 6) is -0.220. The van der Waals surface area contributed by atoms with E-state index in [4.69, 9.17) is 0 Å². The summed E-state index contributed by atoms with van der Waals surface area (Å²) in [5, 5.41) is 5.76. The molecule has 0 aliphatic heterocycles. The summed E-state index contributed by atoms with van der Waals surface area (Å²) in [6, 6.07) is 5.18. The minimum atomic E-state index is -4.35. The van der Waals surface area contributed by atoms with Crippen LogP contribution in [0.1, 0.15) is 16.0 Å². The van der Waals surface area contributed by atoms with E-state index in [1.54, 1.807) is 19.3 Å². The second kappa shape index (κ2) is 8.28. The van der Waals surface area contributed by atoms with Gasteiger partial charge in [-0.2, -0.15) is 13.2 Å². The van der Waals surface area contributed by atoms with Gasteiger partial charge in [0.25, 0.3) is 0 Å². The number of amides is 1. The highest BCUT2D eigenvalue weighted by atomic mass is 35.5. The quantitative estimate of drug-likeness (QED) is 0.854. The third kappa shape index (κ3) is 5.81. The van der Waals surface area contributed by atoms with Crippen molar-refractivity contribution in [2.75, 3.05) is 18.9 Å². The van der Waals surface area contributed by atoms with E-state index in [1.807, 2.05) is 0 Å². The number of anilines is 1. The van der Waals surface area contributed by atoms with Gasteiger partial charge in [0.15, 0.2) is 5.13 Å². The number of thiazole rings is 1. The standard InChI is InChI=1S/C14H14F3N3OS.ClH/c1-18-8-12(21)20-13-19-7-11(22-13)6-9-3-2-4-10(5-9)14(15,16)17;/h2-5,7,18H,6,8H2,1H3,(H,19,20,21);1H. The number of carbonyl (C=O) groups excluding carboxylic acids is 1. The molecule has 0 radical (unpaired) electrons. The molecule has 126 valence electrons. The highest BCUT2D eigenvalue weighted by molar-refractivity contribution is 7.15. The molecule has 1 aromatic carbocycles. The molecule has 9 heteroatoms. The van der Waals surface area contributed by atoms with Gasteiger partial charge >= 0.3 is 6.18 Å². The van der Waals surface area contributed by atoms with Crippen molar-refractivity contribution < 1.29 is 18.0 Å². The molecule has 0 unspecified atom stereocenters. The molecule has 1 amide bonds. The van der Waals surface area contributed by atoms with E-state index in [0.29, 0.717) is 17.1 Å². The van der Waals surface area contributed by atoms with Crippen LogP contribution in [0.3, 0.4) is 0 Å². The van der Waals surface area contributed by atoms with E-state index in [9.17, 15) is 18.0 Å². The van der Waals surface area contributed by atoms with Crippen LogP contribution >= 0.6 is 23.7 Å². The molecule has 0 fully saturated rings. The maximum absolute atomic E-state index is 12.7. The lowest BCUT2D eigenvalue weighted by molar-refractivity contribution is -0.137. The highest BCUT2D eigenvalue weighted by Crippen LogP contribution is 2.30.